The minimum Gasteiger partial charge on any atom is -0.444 e. The number of ether oxygens (including phenoxy) is 1. The van der Waals surface area contributed by atoms with Gasteiger partial charge in [-0.15, -0.1) is 0 Å². The van der Waals surface area contributed by atoms with Crippen molar-refractivity contribution in [3.05, 3.63) is 22.4 Å². The molecule has 0 saturated carbocycles. The fraction of sp³-hybridized carbons (Fsp3) is 0.571. The van der Waals surface area contributed by atoms with E-state index in [-0.39, 0.29) is 5.91 Å². The molecule has 1 aromatic heterocycles. The van der Waals surface area contributed by atoms with Crippen molar-refractivity contribution in [1.29, 1.82) is 0 Å². The van der Waals surface area contributed by atoms with Crippen molar-refractivity contribution in [3.8, 4) is 0 Å². The average Bonchev–Trinajstić information content (AvgIpc) is 2.84. The fourth-order valence-corrected chi connectivity index (χ4v) is 2.16. The van der Waals surface area contributed by atoms with Gasteiger partial charge in [0.05, 0.1) is 5.56 Å². The Bertz CT molecular complexity index is 438. The van der Waals surface area contributed by atoms with Gasteiger partial charge in [0.15, 0.2) is 0 Å². The minimum absolute atomic E-state index is 0.00326. The van der Waals surface area contributed by atoms with Crippen molar-refractivity contribution in [2.75, 3.05) is 20.1 Å². The van der Waals surface area contributed by atoms with Crippen molar-refractivity contribution < 1.29 is 14.3 Å². The van der Waals surface area contributed by atoms with E-state index in [9.17, 15) is 9.59 Å². The molecule has 0 aliphatic heterocycles. The van der Waals surface area contributed by atoms with E-state index < -0.39 is 11.7 Å². The van der Waals surface area contributed by atoms with Gasteiger partial charge in [-0.05, 0) is 38.6 Å². The molecule has 0 aliphatic rings. The summed E-state index contributed by atoms with van der Waals surface area (Å²) in [4.78, 5) is 25.0. The Morgan fingerprint density at radius 1 is 1.40 bits per heavy atom. The average molecular weight is 298 g/mol. The number of nitrogens with one attached hydrogen (secondary N) is 1. The van der Waals surface area contributed by atoms with Crippen LogP contribution in [-0.2, 0) is 4.74 Å². The topological polar surface area (TPSA) is 58.6 Å². The van der Waals surface area contributed by atoms with Crippen LogP contribution in [0, 0.1) is 0 Å². The van der Waals surface area contributed by atoms with E-state index in [1.165, 1.54) is 11.3 Å². The lowest BCUT2D eigenvalue weighted by atomic mass is 10.2. The van der Waals surface area contributed by atoms with Gasteiger partial charge in [0.1, 0.15) is 5.60 Å². The van der Waals surface area contributed by atoms with E-state index in [2.05, 4.69) is 5.32 Å². The molecule has 20 heavy (non-hydrogen) atoms. The highest BCUT2D eigenvalue weighted by molar-refractivity contribution is 7.08. The van der Waals surface area contributed by atoms with Crippen LogP contribution in [0.4, 0.5) is 4.79 Å². The van der Waals surface area contributed by atoms with Gasteiger partial charge >= 0.3 is 6.09 Å². The van der Waals surface area contributed by atoms with E-state index >= 15 is 0 Å². The van der Waals surface area contributed by atoms with Gasteiger partial charge in [0, 0.05) is 25.5 Å². The van der Waals surface area contributed by atoms with Crippen LogP contribution >= 0.6 is 11.3 Å². The number of amides is 2. The molecule has 112 valence electrons. The molecular formula is C14H22N2O3S. The number of nitrogens with zero attached hydrogens (tertiary/aromatic N) is 1. The molecule has 1 heterocycles. The van der Waals surface area contributed by atoms with Crippen molar-refractivity contribution in [2.45, 2.75) is 32.8 Å². The fourth-order valence-electron chi connectivity index (χ4n) is 1.53. The smallest absolute Gasteiger partial charge is 0.407 e. The highest BCUT2D eigenvalue weighted by Gasteiger charge is 2.16. The quantitative estimate of drug-likeness (QED) is 0.850. The lowest BCUT2D eigenvalue weighted by Gasteiger charge is -2.20. The van der Waals surface area contributed by atoms with Crippen LogP contribution in [0.5, 0.6) is 0 Å². The molecule has 6 heteroatoms. The predicted molar refractivity (Wildman–Crippen MR) is 80.1 cm³/mol. The predicted octanol–water partition coefficient (Wildman–Crippen LogP) is 2.73. The Hall–Kier alpha value is -1.56. The van der Waals surface area contributed by atoms with Crippen molar-refractivity contribution in [2.24, 2.45) is 0 Å². The van der Waals surface area contributed by atoms with Gasteiger partial charge in [-0.3, -0.25) is 4.79 Å². The third-order valence-electron chi connectivity index (χ3n) is 2.45. The van der Waals surface area contributed by atoms with Crippen LogP contribution in [-0.4, -0.2) is 42.6 Å². The van der Waals surface area contributed by atoms with Crippen LogP contribution in [0.1, 0.15) is 37.6 Å². The monoisotopic (exact) mass is 298 g/mol. The summed E-state index contributed by atoms with van der Waals surface area (Å²) in [6.45, 7) is 6.53. The number of hydrogen-bond acceptors (Lipinski definition) is 4. The highest BCUT2D eigenvalue weighted by Crippen LogP contribution is 2.09. The number of thiophene rings is 1. The molecule has 0 spiro atoms. The SMILES string of the molecule is CN(CCCNC(=O)OC(C)(C)C)C(=O)c1ccsc1. The molecule has 0 atom stereocenters. The van der Waals surface area contributed by atoms with Gasteiger partial charge in [0.2, 0.25) is 0 Å². The summed E-state index contributed by atoms with van der Waals surface area (Å²) in [5.74, 6) is 0.00326. The molecule has 5 nitrogen and oxygen atoms in total. The van der Waals surface area contributed by atoms with Gasteiger partial charge < -0.3 is 15.0 Å². The second-order valence-electron chi connectivity index (χ2n) is 5.52. The Kier molecular flexibility index (Phi) is 6.01. The highest BCUT2D eigenvalue weighted by atomic mass is 32.1. The molecule has 0 unspecified atom stereocenters. The zero-order valence-corrected chi connectivity index (χ0v) is 13.3. The molecule has 1 rings (SSSR count). The summed E-state index contributed by atoms with van der Waals surface area (Å²) < 4.78 is 5.12. The third-order valence-corrected chi connectivity index (χ3v) is 3.14. The Morgan fingerprint density at radius 2 is 2.10 bits per heavy atom. The number of carbonyl (C=O) groups is 2. The Labute approximate surface area is 123 Å². The number of hydrogen-bond donors (Lipinski definition) is 1. The van der Waals surface area contributed by atoms with E-state index in [1.807, 2.05) is 37.6 Å². The molecular weight excluding hydrogens is 276 g/mol. The molecule has 0 fully saturated rings. The zero-order chi connectivity index (χ0) is 15.2. The largest absolute Gasteiger partial charge is 0.444 e. The maximum Gasteiger partial charge on any atom is 0.407 e. The molecule has 0 aliphatic carbocycles. The lowest BCUT2D eigenvalue weighted by molar-refractivity contribution is 0.0526. The van der Waals surface area contributed by atoms with E-state index in [0.717, 1.165) is 0 Å². The third kappa shape index (κ3) is 6.06. The minimum atomic E-state index is -0.490. The van der Waals surface area contributed by atoms with E-state index in [4.69, 9.17) is 4.74 Å². The van der Waals surface area contributed by atoms with Crippen molar-refractivity contribution >= 4 is 23.3 Å². The van der Waals surface area contributed by atoms with Gasteiger partial charge in [-0.25, -0.2) is 4.79 Å². The molecule has 0 saturated heterocycles. The molecule has 0 radical (unpaired) electrons. The number of carbonyl (C=O) groups excluding carboxylic acids is 2. The molecule has 1 N–H and O–H groups in total. The Balaban J connectivity index is 2.21. The second-order valence-corrected chi connectivity index (χ2v) is 6.30. The van der Waals surface area contributed by atoms with Crippen LogP contribution in [0.25, 0.3) is 0 Å². The van der Waals surface area contributed by atoms with Crippen LogP contribution in [0.2, 0.25) is 0 Å². The number of alkyl carbamates (subject to hydrolysis) is 1. The summed E-state index contributed by atoms with van der Waals surface area (Å²) in [7, 11) is 1.76. The first-order valence-electron chi connectivity index (χ1n) is 6.54. The van der Waals surface area contributed by atoms with Crippen LogP contribution < -0.4 is 5.32 Å². The van der Waals surface area contributed by atoms with Gasteiger partial charge in [0.25, 0.3) is 5.91 Å². The first kappa shape index (κ1) is 16.5. The first-order valence-corrected chi connectivity index (χ1v) is 7.48. The summed E-state index contributed by atoms with van der Waals surface area (Å²) >= 11 is 1.50. The second kappa shape index (κ2) is 7.28. The maximum atomic E-state index is 11.9. The maximum absolute atomic E-state index is 11.9. The molecule has 0 bridgehead atoms. The molecule has 1 aromatic rings. The number of rotatable bonds is 5. The van der Waals surface area contributed by atoms with Crippen LogP contribution in [0.3, 0.4) is 0 Å². The summed E-state index contributed by atoms with van der Waals surface area (Å²) in [6, 6.07) is 1.81. The normalized spacial score (nSPS) is 11.0. The van der Waals surface area contributed by atoms with Crippen molar-refractivity contribution in [1.82, 2.24) is 10.2 Å². The summed E-state index contributed by atoms with van der Waals surface area (Å²) in [5, 5.41) is 6.38. The van der Waals surface area contributed by atoms with E-state index in [1.54, 1.807) is 11.9 Å². The molecule has 0 aromatic carbocycles. The zero-order valence-electron chi connectivity index (χ0n) is 12.4. The molecule has 2 amide bonds. The summed E-state index contributed by atoms with van der Waals surface area (Å²) in [6.07, 6.45) is 0.260. The standard InChI is InChI=1S/C14H22N2O3S/c1-14(2,3)19-13(18)15-7-5-8-16(4)12(17)11-6-9-20-10-11/h6,9-10H,5,7-8H2,1-4H3,(H,15,18). The van der Waals surface area contributed by atoms with Gasteiger partial charge in [-0.1, -0.05) is 0 Å². The van der Waals surface area contributed by atoms with Crippen LogP contribution in [0.15, 0.2) is 16.8 Å². The summed E-state index contributed by atoms with van der Waals surface area (Å²) in [5.41, 5.74) is 0.216. The van der Waals surface area contributed by atoms with Gasteiger partial charge in [-0.2, -0.15) is 11.3 Å². The van der Waals surface area contributed by atoms with Crippen molar-refractivity contribution in [3.63, 3.8) is 0 Å². The first-order chi connectivity index (χ1) is 9.29. The lowest BCUT2D eigenvalue weighted by Crippen LogP contribution is -2.35. The Morgan fingerprint density at radius 3 is 2.65 bits per heavy atom. The van der Waals surface area contributed by atoms with E-state index in [0.29, 0.717) is 25.1 Å².